The molecule has 3 N–H and O–H groups in total. The van der Waals surface area contributed by atoms with Crippen molar-refractivity contribution in [3.63, 3.8) is 0 Å². The van der Waals surface area contributed by atoms with Crippen LogP contribution in [0.1, 0.15) is 0 Å². The van der Waals surface area contributed by atoms with Gasteiger partial charge in [-0.25, -0.2) is 4.98 Å². The van der Waals surface area contributed by atoms with Crippen LogP contribution in [0, 0.1) is 10.1 Å². The van der Waals surface area contributed by atoms with Crippen LogP contribution in [0.3, 0.4) is 0 Å². The summed E-state index contributed by atoms with van der Waals surface area (Å²) < 4.78 is 0. The fraction of sp³-hybridized carbons (Fsp3) is 0. The second-order valence-electron chi connectivity index (χ2n) is 3.81. The van der Waals surface area contributed by atoms with E-state index >= 15 is 0 Å². The number of aromatic nitrogens is 1. The molecule has 10 heteroatoms. The summed E-state index contributed by atoms with van der Waals surface area (Å²) in [6, 6.07) is 3.47. The summed E-state index contributed by atoms with van der Waals surface area (Å²) >= 11 is 11.7. The molecule has 1 aromatic heterocycles. The van der Waals surface area contributed by atoms with E-state index in [-0.39, 0.29) is 38.7 Å². The van der Waals surface area contributed by atoms with E-state index in [0.29, 0.717) is 0 Å². The van der Waals surface area contributed by atoms with Crippen molar-refractivity contribution in [2.45, 2.75) is 0 Å². The van der Waals surface area contributed by atoms with Crippen molar-refractivity contribution in [1.29, 1.82) is 0 Å². The van der Waals surface area contributed by atoms with E-state index in [1.807, 2.05) is 0 Å². The van der Waals surface area contributed by atoms with Gasteiger partial charge in [0.15, 0.2) is 11.6 Å². The number of halogens is 2. The first-order valence-electron chi connectivity index (χ1n) is 5.38. The van der Waals surface area contributed by atoms with E-state index in [2.05, 4.69) is 15.2 Å². The van der Waals surface area contributed by atoms with Crippen LogP contribution in [0.5, 0.6) is 5.75 Å². The molecule has 1 heterocycles. The number of nitrogens with zero attached hydrogens (tertiary/aromatic N) is 4. The van der Waals surface area contributed by atoms with Gasteiger partial charge in [-0.05, 0) is 0 Å². The molecular weight excluding hydrogens is 321 g/mol. The zero-order chi connectivity index (χ0) is 15.6. The highest BCUT2D eigenvalue weighted by Crippen LogP contribution is 2.38. The first-order valence-corrected chi connectivity index (χ1v) is 6.13. The van der Waals surface area contributed by atoms with Crippen molar-refractivity contribution < 1.29 is 10.0 Å². The summed E-state index contributed by atoms with van der Waals surface area (Å²) in [5, 5.41) is 27.6. The number of azo groups is 1. The number of nitro groups is 1. The molecule has 1 aromatic carbocycles. The maximum atomic E-state index is 10.7. The Morgan fingerprint density at radius 3 is 2.38 bits per heavy atom. The average molecular weight is 328 g/mol. The lowest BCUT2D eigenvalue weighted by molar-refractivity contribution is -0.384. The number of hydrogen-bond donors (Lipinski definition) is 2. The van der Waals surface area contributed by atoms with Crippen molar-refractivity contribution in [3.8, 4) is 5.75 Å². The molecule has 0 aliphatic heterocycles. The summed E-state index contributed by atoms with van der Waals surface area (Å²) in [5.74, 6) is -0.285. The van der Waals surface area contributed by atoms with Gasteiger partial charge in [-0.1, -0.05) is 23.2 Å². The number of benzene rings is 1. The zero-order valence-corrected chi connectivity index (χ0v) is 11.7. The van der Waals surface area contributed by atoms with E-state index in [1.54, 1.807) is 0 Å². The molecule has 0 aliphatic rings. The van der Waals surface area contributed by atoms with Crippen LogP contribution < -0.4 is 5.73 Å². The van der Waals surface area contributed by atoms with Crippen molar-refractivity contribution in [2.75, 3.05) is 5.73 Å². The Balaban J connectivity index is 2.37. The van der Waals surface area contributed by atoms with Gasteiger partial charge in [-0.15, -0.1) is 10.2 Å². The van der Waals surface area contributed by atoms with Crippen LogP contribution in [-0.4, -0.2) is 15.0 Å². The fourth-order valence-corrected chi connectivity index (χ4v) is 1.92. The number of nitrogen functional groups attached to an aromatic ring is 1. The van der Waals surface area contributed by atoms with E-state index in [4.69, 9.17) is 28.9 Å². The van der Waals surface area contributed by atoms with Gasteiger partial charge in [-0.3, -0.25) is 10.1 Å². The molecule has 8 nitrogen and oxygen atoms in total. The van der Waals surface area contributed by atoms with Crippen LogP contribution in [-0.2, 0) is 0 Å². The molecule has 2 aromatic rings. The quantitative estimate of drug-likeness (QED) is 0.500. The lowest BCUT2D eigenvalue weighted by Crippen LogP contribution is -1.88. The van der Waals surface area contributed by atoms with Crippen molar-refractivity contribution in [1.82, 2.24) is 4.98 Å². The predicted octanol–water partition coefficient (Wildman–Crippen LogP) is 4.00. The molecule has 0 spiro atoms. The van der Waals surface area contributed by atoms with Gasteiger partial charge >= 0.3 is 0 Å². The third kappa shape index (κ3) is 3.36. The maximum absolute atomic E-state index is 10.7. The summed E-state index contributed by atoms with van der Waals surface area (Å²) in [4.78, 5) is 13.7. The van der Waals surface area contributed by atoms with Crippen LogP contribution in [0.4, 0.5) is 22.9 Å². The Morgan fingerprint density at radius 2 is 1.86 bits per heavy atom. The summed E-state index contributed by atoms with van der Waals surface area (Å²) in [6.07, 6.45) is 1.28. The molecule has 0 radical (unpaired) electrons. The number of anilines is 1. The molecule has 0 saturated carbocycles. The molecule has 21 heavy (non-hydrogen) atoms. The molecule has 0 fully saturated rings. The lowest BCUT2D eigenvalue weighted by atomic mass is 10.3. The third-order valence-electron chi connectivity index (χ3n) is 2.36. The third-order valence-corrected chi connectivity index (χ3v) is 2.94. The second-order valence-corrected chi connectivity index (χ2v) is 4.63. The van der Waals surface area contributed by atoms with Crippen molar-refractivity contribution in [2.24, 2.45) is 10.2 Å². The molecule has 0 amide bonds. The highest BCUT2D eigenvalue weighted by atomic mass is 35.5. The number of hydrogen-bond acceptors (Lipinski definition) is 7. The largest absolute Gasteiger partial charge is 0.504 e. The first-order chi connectivity index (χ1) is 9.88. The molecular formula is C11H7Cl2N5O3. The monoisotopic (exact) mass is 327 g/mol. The van der Waals surface area contributed by atoms with Crippen molar-refractivity contribution in [3.05, 3.63) is 44.6 Å². The maximum Gasteiger partial charge on any atom is 0.272 e. The summed E-state index contributed by atoms with van der Waals surface area (Å²) in [5.41, 5.74) is 5.38. The van der Waals surface area contributed by atoms with Gasteiger partial charge in [-0.2, -0.15) is 0 Å². The Bertz CT molecular complexity index is 728. The number of nitrogens with two attached hydrogens (primary N) is 1. The molecule has 0 atom stereocenters. The number of rotatable bonds is 3. The lowest BCUT2D eigenvalue weighted by Gasteiger charge is -2.01. The van der Waals surface area contributed by atoms with Crippen LogP contribution in [0.15, 0.2) is 34.6 Å². The minimum Gasteiger partial charge on any atom is -0.504 e. The minimum absolute atomic E-state index is 0.0226. The zero-order valence-electron chi connectivity index (χ0n) is 10.2. The number of pyridine rings is 1. The smallest absolute Gasteiger partial charge is 0.272 e. The molecule has 0 bridgehead atoms. The number of nitro benzene ring substituents is 1. The van der Waals surface area contributed by atoms with Crippen molar-refractivity contribution >= 4 is 46.1 Å². The topological polar surface area (TPSA) is 127 Å². The van der Waals surface area contributed by atoms with Crippen LogP contribution >= 0.6 is 23.2 Å². The average Bonchev–Trinajstić information content (AvgIpc) is 2.41. The van der Waals surface area contributed by atoms with Gasteiger partial charge in [0.1, 0.15) is 11.4 Å². The van der Waals surface area contributed by atoms with Gasteiger partial charge in [0.2, 0.25) is 0 Å². The van der Waals surface area contributed by atoms with Gasteiger partial charge < -0.3 is 10.8 Å². The first kappa shape index (κ1) is 14.9. The standard InChI is InChI=1S/C11H7Cl2N5O3/c12-7-2-6(18(20)21)3-8(13)10(7)17-16-5-1-9(19)11(14)15-4-5/h1-4,19H,(H2,14,15). The Kier molecular flexibility index (Phi) is 4.20. The van der Waals surface area contributed by atoms with Gasteiger partial charge in [0.05, 0.1) is 21.2 Å². The number of aromatic hydroxyl groups is 1. The molecule has 108 valence electrons. The Hall–Kier alpha value is -2.45. The van der Waals surface area contributed by atoms with E-state index in [9.17, 15) is 15.2 Å². The number of non-ortho nitro benzene ring substituents is 1. The Morgan fingerprint density at radius 1 is 1.24 bits per heavy atom. The van der Waals surface area contributed by atoms with Crippen LogP contribution in [0.2, 0.25) is 10.0 Å². The normalized spacial score (nSPS) is 11.0. The second kappa shape index (κ2) is 5.90. The SMILES string of the molecule is Nc1ncc(N=Nc2c(Cl)cc([N+](=O)[O-])cc2Cl)cc1O. The molecule has 0 unspecified atom stereocenters. The van der Waals surface area contributed by atoms with E-state index < -0.39 is 4.92 Å². The molecule has 2 rings (SSSR count). The van der Waals surface area contributed by atoms with Gasteiger partial charge in [0, 0.05) is 18.2 Å². The fourth-order valence-electron chi connectivity index (χ4n) is 1.37. The summed E-state index contributed by atoms with van der Waals surface area (Å²) in [7, 11) is 0. The highest BCUT2D eigenvalue weighted by molar-refractivity contribution is 6.39. The summed E-state index contributed by atoms with van der Waals surface area (Å²) in [6.45, 7) is 0. The molecule has 0 aliphatic carbocycles. The van der Waals surface area contributed by atoms with E-state index in [1.165, 1.54) is 12.3 Å². The minimum atomic E-state index is -0.624. The van der Waals surface area contributed by atoms with E-state index in [0.717, 1.165) is 12.1 Å². The van der Waals surface area contributed by atoms with Crippen LogP contribution in [0.25, 0.3) is 0 Å². The van der Waals surface area contributed by atoms with Gasteiger partial charge in [0.25, 0.3) is 5.69 Å². The predicted molar refractivity (Wildman–Crippen MR) is 77.6 cm³/mol. The Labute approximate surface area is 128 Å². The molecule has 0 saturated heterocycles. The highest BCUT2D eigenvalue weighted by Gasteiger charge is 2.14.